The van der Waals surface area contributed by atoms with Gasteiger partial charge in [-0.15, -0.1) is 12.4 Å². The van der Waals surface area contributed by atoms with Gasteiger partial charge in [-0.25, -0.2) is 0 Å². The predicted molar refractivity (Wildman–Crippen MR) is 86.2 cm³/mol. The number of hydrogen-bond acceptors (Lipinski definition) is 6. The number of ether oxygens (including phenoxy) is 2. The maximum atomic E-state index is 11.3. The molecule has 1 aliphatic rings. The smallest absolute Gasteiger partial charge is 0.277 e. The Hall–Kier alpha value is -1.57. The van der Waals surface area contributed by atoms with E-state index in [-0.39, 0.29) is 23.0 Å². The highest BCUT2D eigenvalue weighted by atomic mass is 35.5. The summed E-state index contributed by atoms with van der Waals surface area (Å²) in [5.41, 5.74) is 0.714. The Balaban J connectivity index is 0.00000242. The first-order chi connectivity index (χ1) is 10.0. The van der Waals surface area contributed by atoms with Crippen LogP contribution in [0.5, 0.6) is 11.5 Å². The van der Waals surface area contributed by atoms with Crippen molar-refractivity contribution in [2.24, 2.45) is 0 Å². The number of nitro groups is 1. The molecule has 0 radical (unpaired) electrons. The monoisotopic (exact) mass is 331 g/mol. The Morgan fingerprint density at radius 2 is 2.00 bits per heavy atom. The lowest BCUT2D eigenvalue weighted by atomic mass is 10.1. The molecule has 1 N–H and O–H groups in total. The first kappa shape index (κ1) is 18.5. The second-order valence-corrected chi connectivity index (χ2v) is 5.18. The van der Waals surface area contributed by atoms with Gasteiger partial charge >= 0.3 is 0 Å². The highest BCUT2D eigenvalue weighted by molar-refractivity contribution is 5.85. The van der Waals surface area contributed by atoms with Gasteiger partial charge in [-0.3, -0.25) is 15.0 Å². The minimum atomic E-state index is -0.372. The average Bonchev–Trinajstić information content (AvgIpc) is 2.46. The molecule has 0 unspecified atom stereocenters. The Morgan fingerprint density at radius 3 is 2.55 bits per heavy atom. The third-order valence-electron chi connectivity index (χ3n) is 3.63. The fraction of sp³-hybridized carbons (Fsp3) is 0.571. The summed E-state index contributed by atoms with van der Waals surface area (Å²) < 4.78 is 10.4. The van der Waals surface area contributed by atoms with Crippen molar-refractivity contribution in [2.45, 2.75) is 19.5 Å². The quantitative estimate of drug-likeness (QED) is 0.655. The van der Waals surface area contributed by atoms with Crippen LogP contribution in [0.15, 0.2) is 12.1 Å². The van der Waals surface area contributed by atoms with Crippen LogP contribution in [0.3, 0.4) is 0 Å². The minimum Gasteiger partial charge on any atom is -0.493 e. The van der Waals surface area contributed by atoms with Crippen molar-refractivity contribution in [3.05, 3.63) is 27.8 Å². The molecule has 0 aromatic heterocycles. The van der Waals surface area contributed by atoms with Crippen molar-refractivity contribution in [1.82, 2.24) is 10.2 Å². The van der Waals surface area contributed by atoms with E-state index in [0.29, 0.717) is 29.6 Å². The van der Waals surface area contributed by atoms with Crippen molar-refractivity contribution < 1.29 is 14.4 Å². The van der Waals surface area contributed by atoms with Crippen LogP contribution < -0.4 is 14.8 Å². The van der Waals surface area contributed by atoms with E-state index in [4.69, 9.17) is 9.47 Å². The van der Waals surface area contributed by atoms with E-state index < -0.39 is 0 Å². The van der Waals surface area contributed by atoms with E-state index in [1.54, 1.807) is 6.07 Å². The van der Waals surface area contributed by atoms with Gasteiger partial charge in [0, 0.05) is 37.8 Å². The van der Waals surface area contributed by atoms with Crippen LogP contribution in [0.2, 0.25) is 0 Å². The van der Waals surface area contributed by atoms with Gasteiger partial charge in [-0.2, -0.15) is 0 Å². The summed E-state index contributed by atoms with van der Waals surface area (Å²) in [6, 6.07) is 3.52. The third-order valence-corrected chi connectivity index (χ3v) is 3.63. The fourth-order valence-electron chi connectivity index (χ4n) is 2.60. The van der Waals surface area contributed by atoms with Crippen molar-refractivity contribution in [1.29, 1.82) is 0 Å². The van der Waals surface area contributed by atoms with Gasteiger partial charge in [0.1, 0.15) is 0 Å². The largest absolute Gasteiger partial charge is 0.493 e. The molecule has 22 heavy (non-hydrogen) atoms. The molecule has 1 heterocycles. The van der Waals surface area contributed by atoms with E-state index in [9.17, 15) is 10.1 Å². The summed E-state index contributed by atoms with van der Waals surface area (Å²) in [6.45, 7) is 5.27. The van der Waals surface area contributed by atoms with Crippen molar-refractivity contribution in [3.63, 3.8) is 0 Å². The van der Waals surface area contributed by atoms with Gasteiger partial charge in [0.25, 0.3) is 5.69 Å². The number of piperazine rings is 1. The molecule has 2 rings (SSSR count). The zero-order valence-corrected chi connectivity index (χ0v) is 13.8. The molecule has 1 fully saturated rings. The van der Waals surface area contributed by atoms with Gasteiger partial charge in [0.2, 0.25) is 0 Å². The first-order valence-corrected chi connectivity index (χ1v) is 6.90. The van der Waals surface area contributed by atoms with E-state index >= 15 is 0 Å². The van der Waals surface area contributed by atoms with Crippen LogP contribution in [0.4, 0.5) is 5.69 Å². The third kappa shape index (κ3) is 4.22. The number of benzene rings is 1. The summed E-state index contributed by atoms with van der Waals surface area (Å²) in [5, 5.41) is 14.6. The summed E-state index contributed by atoms with van der Waals surface area (Å²) in [5.74, 6) is 0.892. The summed E-state index contributed by atoms with van der Waals surface area (Å²) in [4.78, 5) is 13.1. The van der Waals surface area contributed by atoms with Crippen LogP contribution >= 0.6 is 12.4 Å². The maximum Gasteiger partial charge on any atom is 0.277 e. The zero-order chi connectivity index (χ0) is 15.4. The molecule has 1 aromatic carbocycles. The molecule has 0 saturated carbocycles. The number of halogens is 1. The van der Waals surface area contributed by atoms with Crippen LogP contribution in [-0.4, -0.2) is 49.7 Å². The maximum absolute atomic E-state index is 11.3. The lowest BCUT2D eigenvalue weighted by Gasteiger charge is -2.31. The van der Waals surface area contributed by atoms with Crippen LogP contribution in [0.25, 0.3) is 0 Å². The number of nitrogens with one attached hydrogen (secondary N) is 1. The van der Waals surface area contributed by atoms with E-state index in [2.05, 4.69) is 17.1 Å². The fourth-order valence-corrected chi connectivity index (χ4v) is 2.60. The van der Waals surface area contributed by atoms with Crippen LogP contribution in [-0.2, 0) is 6.54 Å². The summed E-state index contributed by atoms with van der Waals surface area (Å²) >= 11 is 0. The predicted octanol–water partition coefficient (Wildman–Crippen LogP) is 1.83. The molecule has 7 nitrogen and oxygen atoms in total. The lowest BCUT2D eigenvalue weighted by molar-refractivity contribution is -0.385. The molecule has 8 heteroatoms. The van der Waals surface area contributed by atoms with E-state index in [1.807, 2.05) is 0 Å². The van der Waals surface area contributed by atoms with Gasteiger partial charge < -0.3 is 14.8 Å². The molecule has 0 spiro atoms. The molecule has 1 saturated heterocycles. The molecule has 0 bridgehead atoms. The summed E-state index contributed by atoms with van der Waals surface area (Å²) in [7, 11) is 3.00. The molecular formula is C14H22ClN3O4. The lowest BCUT2D eigenvalue weighted by Crippen LogP contribution is -2.48. The molecule has 0 aliphatic carbocycles. The van der Waals surface area contributed by atoms with Crippen molar-refractivity contribution in [3.8, 4) is 11.5 Å². The van der Waals surface area contributed by atoms with Gasteiger partial charge in [0.15, 0.2) is 11.5 Å². The number of nitro benzene ring substituents is 1. The average molecular weight is 332 g/mol. The molecule has 1 aliphatic heterocycles. The van der Waals surface area contributed by atoms with Crippen LogP contribution in [0.1, 0.15) is 12.5 Å². The van der Waals surface area contributed by atoms with Gasteiger partial charge in [-0.05, 0) is 13.0 Å². The second kappa shape index (κ2) is 8.17. The standard InChI is InChI=1S/C14H21N3O4.ClH/c1-10-8-16(5-4-15-10)9-11-6-13(20-2)14(21-3)7-12(11)17(18)19;/h6-7,10,15H,4-5,8-9H2,1-3H3;1H/t10-;/m1./s1. The van der Waals surface area contributed by atoms with Crippen molar-refractivity contribution >= 4 is 18.1 Å². The number of nitrogens with zero attached hydrogens (tertiary/aromatic N) is 2. The minimum absolute atomic E-state index is 0. The molecule has 0 amide bonds. The first-order valence-electron chi connectivity index (χ1n) is 6.90. The normalized spacial score (nSPS) is 18.4. The molecular weight excluding hydrogens is 310 g/mol. The van der Waals surface area contributed by atoms with E-state index in [0.717, 1.165) is 19.6 Å². The van der Waals surface area contributed by atoms with E-state index in [1.165, 1.54) is 20.3 Å². The highest BCUT2D eigenvalue weighted by Crippen LogP contribution is 2.35. The number of methoxy groups -OCH3 is 2. The van der Waals surface area contributed by atoms with Gasteiger partial charge in [0.05, 0.1) is 25.2 Å². The molecule has 1 aromatic rings. The van der Waals surface area contributed by atoms with Crippen molar-refractivity contribution in [2.75, 3.05) is 33.9 Å². The highest BCUT2D eigenvalue weighted by Gasteiger charge is 2.23. The topological polar surface area (TPSA) is 76.9 Å². The SMILES string of the molecule is COc1cc(CN2CCN[C@H](C)C2)c([N+](=O)[O-])cc1OC.Cl. The zero-order valence-electron chi connectivity index (χ0n) is 13.0. The second-order valence-electron chi connectivity index (χ2n) is 5.18. The molecule has 1 atom stereocenters. The Bertz CT molecular complexity index is 527. The Kier molecular flexibility index (Phi) is 6.86. The summed E-state index contributed by atoms with van der Waals surface area (Å²) in [6.07, 6.45) is 0. The Morgan fingerprint density at radius 1 is 1.36 bits per heavy atom. The van der Waals surface area contributed by atoms with Crippen LogP contribution in [0, 0.1) is 10.1 Å². The Labute approximate surface area is 136 Å². The number of rotatable bonds is 5. The number of hydrogen-bond donors (Lipinski definition) is 1. The van der Waals surface area contributed by atoms with Gasteiger partial charge in [-0.1, -0.05) is 0 Å². The molecule has 124 valence electrons.